The Labute approximate surface area is 146 Å². The molecule has 0 aromatic rings. The molecule has 136 valence electrons. The van der Waals surface area contributed by atoms with Crippen molar-refractivity contribution in [3.63, 3.8) is 0 Å². The predicted molar refractivity (Wildman–Crippen MR) is 96.4 cm³/mol. The maximum Gasteiger partial charge on any atom is 0.239 e. The predicted octanol–water partition coefficient (Wildman–Crippen LogP) is 2.23. The van der Waals surface area contributed by atoms with Crippen molar-refractivity contribution in [2.24, 2.45) is 23.0 Å². The quantitative estimate of drug-likeness (QED) is 0.629. The first-order valence-corrected chi connectivity index (χ1v) is 8.56. The lowest BCUT2D eigenvalue weighted by molar-refractivity contribution is -0.127. The Kier molecular flexibility index (Phi) is 9.78. The van der Waals surface area contributed by atoms with E-state index in [4.69, 9.17) is 5.73 Å². The van der Waals surface area contributed by atoms with Crippen LogP contribution < -0.4 is 16.4 Å². The topological polar surface area (TPSA) is 84.2 Å². The van der Waals surface area contributed by atoms with Crippen LogP contribution in [0.5, 0.6) is 0 Å². The van der Waals surface area contributed by atoms with Gasteiger partial charge in [0, 0.05) is 6.54 Å². The van der Waals surface area contributed by atoms with E-state index in [0.717, 1.165) is 13.0 Å². The zero-order valence-electron chi connectivity index (χ0n) is 15.0. The fourth-order valence-electron chi connectivity index (χ4n) is 3.38. The standard InChI is InChI=1S/C17H33N3O2.ClH/c1-12(2)9-17(7-5-6-8-17)11-20-14(21)10-19-16(22)15(18)13(3)4;/h12-13,15H,5-11,18H2,1-4H3,(H,19,22)(H,20,21);1H/t15-;/m0./s1. The van der Waals surface area contributed by atoms with Crippen molar-refractivity contribution in [3.8, 4) is 0 Å². The molecule has 23 heavy (non-hydrogen) atoms. The molecule has 0 unspecified atom stereocenters. The van der Waals surface area contributed by atoms with Gasteiger partial charge in [-0.25, -0.2) is 0 Å². The summed E-state index contributed by atoms with van der Waals surface area (Å²) in [5, 5.41) is 5.62. The van der Waals surface area contributed by atoms with E-state index >= 15 is 0 Å². The molecule has 0 bridgehead atoms. The molecular formula is C17H34ClN3O2. The summed E-state index contributed by atoms with van der Waals surface area (Å²) in [6, 6.07) is -0.560. The van der Waals surface area contributed by atoms with Crippen LogP contribution in [-0.2, 0) is 9.59 Å². The Morgan fingerprint density at radius 3 is 2.13 bits per heavy atom. The van der Waals surface area contributed by atoms with Gasteiger partial charge in [0.05, 0.1) is 12.6 Å². The van der Waals surface area contributed by atoms with Gasteiger partial charge in [-0.3, -0.25) is 9.59 Å². The highest BCUT2D eigenvalue weighted by Crippen LogP contribution is 2.42. The minimum atomic E-state index is -0.560. The number of hydrogen-bond donors (Lipinski definition) is 3. The third kappa shape index (κ3) is 7.53. The summed E-state index contributed by atoms with van der Waals surface area (Å²) in [7, 11) is 0. The van der Waals surface area contributed by atoms with Crippen LogP contribution in [0.1, 0.15) is 59.8 Å². The number of halogens is 1. The molecule has 0 spiro atoms. The van der Waals surface area contributed by atoms with Crippen molar-refractivity contribution in [1.29, 1.82) is 0 Å². The molecule has 0 saturated heterocycles. The lowest BCUT2D eigenvalue weighted by atomic mass is 9.78. The number of rotatable bonds is 8. The molecule has 1 fully saturated rings. The maximum atomic E-state index is 12.0. The van der Waals surface area contributed by atoms with Crippen molar-refractivity contribution in [2.45, 2.75) is 65.8 Å². The molecule has 0 aromatic heterocycles. The minimum absolute atomic E-state index is 0. The Bertz CT molecular complexity index is 380. The summed E-state index contributed by atoms with van der Waals surface area (Å²) >= 11 is 0. The molecule has 4 N–H and O–H groups in total. The first-order valence-electron chi connectivity index (χ1n) is 8.56. The van der Waals surface area contributed by atoms with Gasteiger partial charge in [0.15, 0.2) is 0 Å². The van der Waals surface area contributed by atoms with Crippen molar-refractivity contribution in [2.75, 3.05) is 13.1 Å². The SMILES string of the molecule is CC(C)CC1(CNC(=O)CNC(=O)[C@@H](N)C(C)C)CCCC1.Cl. The minimum Gasteiger partial charge on any atom is -0.354 e. The Hall–Kier alpha value is -0.810. The summed E-state index contributed by atoms with van der Waals surface area (Å²) in [5.74, 6) is 0.317. The Morgan fingerprint density at radius 1 is 1.09 bits per heavy atom. The van der Waals surface area contributed by atoms with Gasteiger partial charge in [0.25, 0.3) is 0 Å². The van der Waals surface area contributed by atoms with E-state index in [-0.39, 0.29) is 42.1 Å². The summed E-state index contributed by atoms with van der Waals surface area (Å²) < 4.78 is 0. The van der Waals surface area contributed by atoms with Gasteiger partial charge in [-0.15, -0.1) is 12.4 Å². The normalized spacial score (nSPS) is 17.7. The molecular weight excluding hydrogens is 314 g/mol. The lowest BCUT2D eigenvalue weighted by Crippen LogP contribution is -2.48. The second kappa shape index (κ2) is 10.1. The largest absolute Gasteiger partial charge is 0.354 e. The molecule has 0 radical (unpaired) electrons. The van der Waals surface area contributed by atoms with Crippen molar-refractivity contribution >= 4 is 24.2 Å². The molecule has 1 aliphatic rings. The monoisotopic (exact) mass is 347 g/mol. The van der Waals surface area contributed by atoms with Gasteiger partial charge in [0.2, 0.25) is 11.8 Å². The summed E-state index contributed by atoms with van der Waals surface area (Å²) in [6.07, 6.45) is 6.04. The number of hydrogen-bond acceptors (Lipinski definition) is 3. The van der Waals surface area contributed by atoms with E-state index in [2.05, 4.69) is 24.5 Å². The van der Waals surface area contributed by atoms with Crippen LogP contribution >= 0.6 is 12.4 Å². The molecule has 1 atom stereocenters. The van der Waals surface area contributed by atoms with Gasteiger partial charge in [-0.2, -0.15) is 0 Å². The molecule has 1 saturated carbocycles. The maximum absolute atomic E-state index is 12.0. The molecule has 1 aliphatic carbocycles. The average Bonchev–Trinajstić information content (AvgIpc) is 2.89. The number of carbonyl (C=O) groups excluding carboxylic acids is 2. The van der Waals surface area contributed by atoms with Crippen LogP contribution in [0.25, 0.3) is 0 Å². The first-order chi connectivity index (χ1) is 10.3. The van der Waals surface area contributed by atoms with Crippen LogP contribution in [0, 0.1) is 17.3 Å². The average molecular weight is 348 g/mol. The molecule has 5 nitrogen and oxygen atoms in total. The molecule has 6 heteroatoms. The zero-order valence-corrected chi connectivity index (χ0v) is 15.8. The van der Waals surface area contributed by atoms with Crippen LogP contribution in [-0.4, -0.2) is 30.9 Å². The first kappa shape index (κ1) is 22.2. The fourth-order valence-corrected chi connectivity index (χ4v) is 3.38. The van der Waals surface area contributed by atoms with Gasteiger partial charge in [-0.1, -0.05) is 40.5 Å². The van der Waals surface area contributed by atoms with E-state index in [1.54, 1.807) is 0 Å². The second-order valence-electron chi connectivity index (χ2n) is 7.57. The third-order valence-electron chi connectivity index (χ3n) is 4.61. The molecule has 2 amide bonds. The van der Waals surface area contributed by atoms with Crippen molar-refractivity contribution in [3.05, 3.63) is 0 Å². The second-order valence-corrected chi connectivity index (χ2v) is 7.57. The Morgan fingerprint density at radius 2 is 1.65 bits per heavy atom. The smallest absolute Gasteiger partial charge is 0.239 e. The van der Waals surface area contributed by atoms with Crippen LogP contribution in [0.2, 0.25) is 0 Å². The number of amides is 2. The Balaban J connectivity index is 0.00000484. The highest BCUT2D eigenvalue weighted by atomic mass is 35.5. The van der Waals surface area contributed by atoms with Gasteiger partial charge < -0.3 is 16.4 Å². The van der Waals surface area contributed by atoms with E-state index in [1.165, 1.54) is 25.7 Å². The molecule has 0 aromatic carbocycles. The number of nitrogens with one attached hydrogen (secondary N) is 2. The summed E-state index contributed by atoms with van der Waals surface area (Å²) in [4.78, 5) is 23.7. The molecule has 1 rings (SSSR count). The molecule has 0 heterocycles. The van der Waals surface area contributed by atoms with Crippen molar-refractivity contribution < 1.29 is 9.59 Å². The van der Waals surface area contributed by atoms with E-state index in [9.17, 15) is 9.59 Å². The van der Waals surface area contributed by atoms with E-state index < -0.39 is 6.04 Å². The fraction of sp³-hybridized carbons (Fsp3) is 0.882. The zero-order chi connectivity index (χ0) is 16.8. The van der Waals surface area contributed by atoms with Crippen LogP contribution in [0.15, 0.2) is 0 Å². The van der Waals surface area contributed by atoms with E-state index in [0.29, 0.717) is 5.92 Å². The van der Waals surface area contributed by atoms with Gasteiger partial charge in [0.1, 0.15) is 0 Å². The van der Waals surface area contributed by atoms with Crippen molar-refractivity contribution in [1.82, 2.24) is 10.6 Å². The van der Waals surface area contributed by atoms with Gasteiger partial charge in [-0.05, 0) is 36.5 Å². The summed E-state index contributed by atoms with van der Waals surface area (Å²) in [6.45, 7) is 8.97. The summed E-state index contributed by atoms with van der Waals surface area (Å²) in [5.41, 5.74) is 6.00. The van der Waals surface area contributed by atoms with Crippen LogP contribution in [0.3, 0.4) is 0 Å². The van der Waals surface area contributed by atoms with E-state index in [1.807, 2.05) is 13.8 Å². The third-order valence-corrected chi connectivity index (χ3v) is 4.61. The highest BCUT2D eigenvalue weighted by molar-refractivity contribution is 5.87. The number of carbonyl (C=O) groups is 2. The molecule has 0 aliphatic heterocycles. The van der Waals surface area contributed by atoms with Crippen LogP contribution in [0.4, 0.5) is 0 Å². The lowest BCUT2D eigenvalue weighted by Gasteiger charge is -2.31. The highest BCUT2D eigenvalue weighted by Gasteiger charge is 2.34. The number of nitrogens with two attached hydrogens (primary N) is 1. The van der Waals surface area contributed by atoms with Gasteiger partial charge >= 0.3 is 0 Å².